The molecule has 0 aromatic heterocycles. The zero-order valence-electron chi connectivity index (χ0n) is 15.8. The van der Waals surface area contributed by atoms with Crippen molar-refractivity contribution in [2.24, 2.45) is 11.3 Å². The normalized spacial score (nSPS) is 23.0. The third-order valence-corrected chi connectivity index (χ3v) is 6.06. The van der Waals surface area contributed by atoms with Crippen molar-refractivity contribution in [3.8, 4) is 0 Å². The maximum atomic E-state index is 12.3. The average Bonchev–Trinajstić information content (AvgIpc) is 2.93. The monoisotopic (exact) mass is 337 g/mol. The van der Waals surface area contributed by atoms with Gasteiger partial charge in [0.05, 0.1) is 0 Å². The molecule has 2 heteroatoms. The number of nitrogens with zero attached hydrogens (tertiary/aromatic N) is 1. The van der Waals surface area contributed by atoms with E-state index in [1.54, 1.807) is 0 Å². The van der Waals surface area contributed by atoms with E-state index >= 15 is 0 Å². The molecule has 0 spiro atoms. The maximum absolute atomic E-state index is 12.3. The molecule has 0 bridgehead atoms. The largest absolute Gasteiger partial charge is 0.335 e. The van der Waals surface area contributed by atoms with Gasteiger partial charge in [-0.1, -0.05) is 56.3 Å². The maximum Gasteiger partial charge on any atom is 0.246 e. The fourth-order valence-corrected chi connectivity index (χ4v) is 4.48. The number of carbonyl (C=O) groups is 1. The second-order valence-electron chi connectivity index (χ2n) is 8.39. The molecule has 2 nitrogen and oxygen atoms in total. The molecule has 1 aliphatic heterocycles. The Balaban J connectivity index is 1.50. The topological polar surface area (TPSA) is 20.3 Å². The van der Waals surface area contributed by atoms with Crippen molar-refractivity contribution in [1.82, 2.24) is 4.90 Å². The third-order valence-electron chi connectivity index (χ3n) is 6.06. The van der Waals surface area contributed by atoms with Crippen molar-refractivity contribution >= 4 is 5.91 Å². The van der Waals surface area contributed by atoms with Crippen LogP contribution in [-0.2, 0) is 11.2 Å². The standard InChI is InChI=1S/C23H31NO/c1-18-8-7-14-23(2,3)21(18)12-11-20-16-22(25)24(17-20)15-13-19-9-5-4-6-10-19/h4-6,9-10,16,21H,1,7-8,11-15,17H2,2-3H3/t21-/m1/s1. The van der Waals surface area contributed by atoms with Gasteiger partial charge in [-0.2, -0.15) is 0 Å². The van der Waals surface area contributed by atoms with E-state index in [4.69, 9.17) is 0 Å². The summed E-state index contributed by atoms with van der Waals surface area (Å²) in [5.41, 5.74) is 4.37. The van der Waals surface area contributed by atoms with E-state index in [1.165, 1.54) is 36.0 Å². The molecular weight excluding hydrogens is 306 g/mol. The minimum Gasteiger partial charge on any atom is -0.335 e. The Kier molecular flexibility index (Phi) is 5.46. The van der Waals surface area contributed by atoms with Gasteiger partial charge in [0, 0.05) is 19.2 Å². The SMILES string of the molecule is C=C1CCCC(C)(C)[C@@H]1CCC1=CC(=O)N(CCc2ccccc2)C1. The predicted molar refractivity (Wildman–Crippen MR) is 104 cm³/mol. The van der Waals surface area contributed by atoms with Gasteiger partial charge in [0.1, 0.15) is 0 Å². The second kappa shape index (κ2) is 7.59. The van der Waals surface area contributed by atoms with Gasteiger partial charge in [-0.25, -0.2) is 0 Å². The highest BCUT2D eigenvalue weighted by molar-refractivity contribution is 5.91. The van der Waals surface area contributed by atoms with Gasteiger partial charge in [-0.15, -0.1) is 0 Å². The van der Waals surface area contributed by atoms with E-state index in [0.29, 0.717) is 11.3 Å². The van der Waals surface area contributed by atoms with Crippen molar-refractivity contribution in [3.05, 3.63) is 59.7 Å². The van der Waals surface area contributed by atoms with E-state index in [2.05, 4.69) is 44.7 Å². The van der Waals surface area contributed by atoms with Crippen LogP contribution >= 0.6 is 0 Å². The molecule has 1 aromatic carbocycles. The van der Waals surface area contributed by atoms with Crippen molar-refractivity contribution in [2.45, 2.75) is 52.4 Å². The van der Waals surface area contributed by atoms with Gasteiger partial charge in [0.25, 0.3) is 0 Å². The lowest BCUT2D eigenvalue weighted by molar-refractivity contribution is -0.124. The summed E-state index contributed by atoms with van der Waals surface area (Å²) in [4.78, 5) is 14.3. The summed E-state index contributed by atoms with van der Waals surface area (Å²) in [7, 11) is 0. The summed E-state index contributed by atoms with van der Waals surface area (Å²) in [6.45, 7) is 10.7. The Labute approximate surface area is 152 Å². The first-order valence-electron chi connectivity index (χ1n) is 9.66. The van der Waals surface area contributed by atoms with E-state index < -0.39 is 0 Å². The van der Waals surface area contributed by atoms with Crippen LogP contribution in [0.2, 0.25) is 0 Å². The Morgan fingerprint density at radius 1 is 1.20 bits per heavy atom. The van der Waals surface area contributed by atoms with Crippen molar-refractivity contribution in [3.63, 3.8) is 0 Å². The molecule has 1 saturated carbocycles. The summed E-state index contributed by atoms with van der Waals surface area (Å²) in [5, 5.41) is 0. The molecule has 1 heterocycles. The van der Waals surface area contributed by atoms with Crippen LogP contribution in [0.3, 0.4) is 0 Å². The van der Waals surface area contributed by atoms with Crippen molar-refractivity contribution in [2.75, 3.05) is 13.1 Å². The third kappa shape index (κ3) is 4.42. The number of benzene rings is 1. The summed E-state index contributed by atoms with van der Waals surface area (Å²) in [6.07, 6.45) is 8.71. The molecule has 2 aliphatic rings. The Hall–Kier alpha value is -1.83. The zero-order chi connectivity index (χ0) is 17.9. The molecule has 0 saturated heterocycles. The first-order valence-corrected chi connectivity index (χ1v) is 9.66. The van der Waals surface area contributed by atoms with E-state index in [9.17, 15) is 4.79 Å². The number of hydrogen-bond donors (Lipinski definition) is 0. The van der Waals surface area contributed by atoms with Crippen molar-refractivity contribution in [1.29, 1.82) is 0 Å². The van der Waals surface area contributed by atoms with Gasteiger partial charge >= 0.3 is 0 Å². The summed E-state index contributed by atoms with van der Waals surface area (Å²) < 4.78 is 0. The zero-order valence-corrected chi connectivity index (χ0v) is 15.8. The Bertz CT molecular complexity index is 656. The highest BCUT2D eigenvalue weighted by Crippen LogP contribution is 2.45. The summed E-state index contributed by atoms with van der Waals surface area (Å²) in [5.74, 6) is 0.781. The van der Waals surface area contributed by atoms with Crippen LogP contribution in [0.4, 0.5) is 0 Å². The first kappa shape index (κ1) is 18.0. The molecule has 134 valence electrons. The van der Waals surface area contributed by atoms with E-state index in [1.807, 2.05) is 17.0 Å². The van der Waals surface area contributed by atoms with Crippen LogP contribution in [0.5, 0.6) is 0 Å². The second-order valence-corrected chi connectivity index (χ2v) is 8.39. The first-order chi connectivity index (χ1) is 12.0. The predicted octanol–water partition coefficient (Wildman–Crippen LogP) is 5.16. The molecule has 0 unspecified atom stereocenters. The fourth-order valence-electron chi connectivity index (χ4n) is 4.48. The molecule has 0 N–H and O–H groups in total. The van der Waals surface area contributed by atoms with Gasteiger partial charge in [0.15, 0.2) is 0 Å². The highest BCUT2D eigenvalue weighted by atomic mass is 16.2. The highest BCUT2D eigenvalue weighted by Gasteiger charge is 2.34. The molecule has 1 aliphatic carbocycles. The van der Waals surface area contributed by atoms with Crippen LogP contribution in [-0.4, -0.2) is 23.9 Å². The molecule has 25 heavy (non-hydrogen) atoms. The molecule has 1 fully saturated rings. The van der Waals surface area contributed by atoms with Gasteiger partial charge < -0.3 is 4.90 Å². The number of hydrogen-bond acceptors (Lipinski definition) is 1. The fraction of sp³-hybridized carbons (Fsp3) is 0.522. The molecule has 1 amide bonds. The smallest absolute Gasteiger partial charge is 0.246 e. The van der Waals surface area contributed by atoms with Gasteiger partial charge in [-0.3, -0.25) is 4.79 Å². The van der Waals surface area contributed by atoms with Gasteiger partial charge in [0.2, 0.25) is 5.91 Å². The summed E-state index contributed by atoms with van der Waals surface area (Å²) >= 11 is 0. The molecule has 0 radical (unpaired) electrons. The Morgan fingerprint density at radius 2 is 1.96 bits per heavy atom. The molecular formula is C23H31NO. The van der Waals surface area contributed by atoms with Crippen molar-refractivity contribution < 1.29 is 4.79 Å². The minimum absolute atomic E-state index is 0.188. The summed E-state index contributed by atoms with van der Waals surface area (Å²) in [6, 6.07) is 10.4. The van der Waals surface area contributed by atoms with Crippen LogP contribution in [0, 0.1) is 11.3 Å². The lowest BCUT2D eigenvalue weighted by Crippen LogP contribution is -2.30. The lowest BCUT2D eigenvalue weighted by atomic mass is 9.65. The van der Waals surface area contributed by atoms with Crippen LogP contribution < -0.4 is 0 Å². The lowest BCUT2D eigenvalue weighted by Gasteiger charge is -2.40. The van der Waals surface area contributed by atoms with Crippen LogP contribution in [0.1, 0.15) is 51.5 Å². The average molecular weight is 338 g/mol. The number of amides is 1. The molecule has 3 rings (SSSR count). The van der Waals surface area contributed by atoms with E-state index in [0.717, 1.165) is 32.4 Å². The van der Waals surface area contributed by atoms with E-state index in [-0.39, 0.29) is 5.91 Å². The molecule has 1 atom stereocenters. The number of rotatable bonds is 6. The van der Waals surface area contributed by atoms with Gasteiger partial charge in [-0.05, 0) is 61.0 Å². The minimum atomic E-state index is 0.188. The number of allylic oxidation sites excluding steroid dienone is 1. The number of carbonyl (C=O) groups excluding carboxylic acids is 1. The van der Waals surface area contributed by atoms with Crippen LogP contribution in [0.25, 0.3) is 0 Å². The van der Waals surface area contributed by atoms with Crippen LogP contribution in [0.15, 0.2) is 54.1 Å². The molecule has 1 aromatic rings. The quantitative estimate of drug-likeness (QED) is 0.657. The Morgan fingerprint density at radius 3 is 2.68 bits per heavy atom.